The van der Waals surface area contributed by atoms with E-state index in [1.54, 1.807) is 27.5 Å². The molecule has 11 heteroatoms. The van der Waals surface area contributed by atoms with Crippen molar-refractivity contribution in [2.75, 3.05) is 21.3 Å². The van der Waals surface area contributed by atoms with Crippen LogP contribution < -0.4 is 10.6 Å². The van der Waals surface area contributed by atoms with Crippen molar-refractivity contribution in [2.45, 2.75) is 114 Å². The number of rotatable bonds is 9. The summed E-state index contributed by atoms with van der Waals surface area (Å²) in [7, 11) is 5.00. The summed E-state index contributed by atoms with van der Waals surface area (Å²) in [4.78, 5) is 18.0. The maximum atomic E-state index is 13.8. The molecule has 0 spiro atoms. The first-order valence-electron chi connectivity index (χ1n) is 14.7. The summed E-state index contributed by atoms with van der Waals surface area (Å²) in [6.45, 7) is 4.63. The first kappa shape index (κ1) is 31.3. The average molecular weight is 573 g/mol. The second kappa shape index (κ2) is 13.5. The molecule has 9 unspecified atom stereocenters. The van der Waals surface area contributed by atoms with Gasteiger partial charge in [-0.3, -0.25) is 4.79 Å². The van der Waals surface area contributed by atoms with Crippen LogP contribution >= 0.6 is 0 Å². The number of halogens is 3. The zero-order valence-electron chi connectivity index (χ0n) is 24.5. The van der Waals surface area contributed by atoms with E-state index in [2.05, 4.69) is 20.2 Å². The number of aryl methyl sites for hydroxylation is 1. The van der Waals surface area contributed by atoms with Crippen LogP contribution in [0.4, 0.5) is 13.2 Å². The third-order valence-corrected chi connectivity index (χ3v) is 9.78. The lowest BCUT2D eigenvalue weighted by Crippen LogP contribution is -2.59. The predicted octanol–water partition coefficient (Wildman–Crippen LogP) is 4.26. The van der Waals surface area contributed by atoms with Gasteiger partial charge >= 0.3 is 6.18 Å². The van der Waals surface area contributed by atoms with E-state index in [9.17, 15) is 18.0 Å². The normalized spacial score (nSPS) is 36.2. The van der Waals surface area contributed by atoms with E-state index < -0.39 is 18.1 Å². The van der Waals surface area contributed by atoms with Gasteiger partial charge in [-0.1, -0.05) is 0 Å². The topological polar surface area (TPSA) is 86.6 Å². The maximum Gasteiger partial charge on any atom is 0.391 e. The molecule has 0 radical (unpaired) electrons. The highest BCUT2D eigenvalue weighted by Gasteiger charge is 2.48. The first-order valence-corrected chi connectivity index (χ1v) is 14.7. The van der Waals surface area contributed by atoms with Crippen LogP contribution in [0.15, 0.2) is 12.4 Å². The van der Waals surface area contributed by atoms with Crippen LogP contribution in [-0.2, 0) is 25.5 Å². The van der Waals surface area contributed by atoms with E-state index in [-0.39, 0.29) is 66.9 Å². The molecular formula is C29H47F3N4O4. The molecule has 8 nitrogen and oxygen atoms in total. The maximum absolute atomic E-state index is 13.8. The van der Waals surface area contributed by atoms with E-state index in [0.29, 0.717) is 25.8 Å². The summed E-state index contributed by atoms with van der Waals surface area (Å²) >= 11 is 0. The van der Waals surface area contributed by atoms with Crippen LogP contribution in [0, 0.1) is 30.6 Å². The lowest BCUT2D eigenvalue weighted by molar-refractivity contribution is -0.195. The van der Waals surface area contributed by atoms with Gasteiger partial charge in [0.05, 0.1) is 30.3 Å². The molecule has 2 saturated carbocycles. The number of hydrogen-bond acceptors (Lipinski definition) is 6. The molecule has 1 aromatic rings. The average Bonchev–Trinajstić information content (AvgIpc) is 3.35. The quantitative estimate of drug-likeness (QED) is 0.460. The van der Waals surface area contributed by atoms with Crippen molar-refractivity contribution in [3.63, 3.8) is 0 Å². The molecular weight excluding hydrogens is 525 g/mol. The molecule has 0 bridgehead atoms. The van der Waals surface area contributed by atoms with Gasteiger partial charge in [-0.15, -0.1) is 0 Å². The summed E-state index contributed by atoms with van der Waals surface area (Å²) in [5, 5.41) is 6.74. The molecule has 2 aliphatic carbocycles. The molecule has 1 amide bonds. The van der Waals surface area contributed by atoms with Crippen LogP contribution in [0.1, 0.15) is 64.1 Å². The molecule has 0 aromatic carbocycles. The number of piperidine rings is 1. The van der Waals surface area contributed by atoms with Crippen molar-refractivity contribution < 1.29 is 32.2 Å². The van der Waals surface area contributed by atoms with Crippen molar-refractivity contribution in [1.82, 2.24) is 20.2 Å². The Morgan fingerprint density at radius 1 is 1.07 bits per heavy atom. The zero-order chi connectivity index (χ0) is 29.0. The Balaban J connectivity index is 1.50. The van der Waals surface area contributed by atoms with Crippen LogP contribution in [0.5, 0.6) is 0 Å². The van der Waals surface area contributed by atoms with Crippen molar-refractivity contribution in [1.29, 1.82) is 0 Å². The van der Waals surface area contributed by atoms with E-state index >= 15 is 0 Å². The van der Waals surface area contributed by atoms with E-state index in [1.807, 2.05) is 20.0 Å². The standard InChI is InChI=1S/C29H47F3N4O4/c1-17(20-12-22(38-3)15-23(13-20)39-4)34-28(37)26-11-19(16-36-9-8-33-18(36)2)10-25(35-26)24-14-21(29(30,31)32)6-7-27(24)40-5/h8-9,17,19-27,35H,6-7,10-16H2,1-5H3,(H,34,37). The second-order valence-electron chi connectivity index (χ2n) is 12.3. The zero-order valence-corrected chi connectivity index (χ0v) is 24.5. The molecule has 9 atom stereocenters. The molecule has 1 aromatic heterocycles. The van der Waals surface area contributed by atoms with Gasteiger partial charge in [0.25, 0.3) is 0 Å². The minimum absolute atomic E-state index is 0.0140. The summed E-state index contributed by atoms with van der Waals surface area (Å²) in [6.07, 6.45) is 3.61. The van der Waals surface area contributed by atoms with Gasteiger partial charge < -0.3 is 29.4 Å². The van der Waals surface area contributed by atoms with Gasteiger partial charge in [0, 0.05) is 58.3 Å². The number of methoxy groups -OCH3 is 3. The van der Waals surface area contributed by atoms with Gasteiger partial charge in [0.2, 0.25) is 5.91 Å². The lowest BCUT2D eigenvalue weighted by atomic mass is 9.71. The largest absolute Gasteiger partial charge is 0.391 e. The number of hydrogen-bond donors (Lipinski definition) is 2. The van der Waals surface area contributed by atoms with E-state index in [4.69, 9.17) is 14.2 Å². The molecule has 1 aliphatic heterocycles. The summed E-state index contributed by atoms with van der Waals surface area (Å²) in [6, 6.07) is -0.844. The van der Waals surface area contributed by atoms with Gasteiger partial charge in [-0.05, 0) is 77.0 Å². The Kier molecular flexibility index (Phi) is 10.6. The molecule has 40 heavy (non-hydrogen) atoms. The summed E-state index contributed by atoms with van der Waals surface area (Å²) in [5.41, 5.74) is 0. The predicted molar refractivity (Wildman–Crippen MR) is 145 cm³/mol. The number of carbonyl (C=O) groups excluding carboxylic acids is 1. The molecule has 3 aliphatic rings. The minimum atomic E-state index is -4.23. The number of ether oxygens (including phenoxy) is 3. The number of amides is 1. The number of carbonyl (C=O) groups is 1. The molecule has 228 valence electrons. The van der Waals surface area contributed by atoms with Crippen LogP contribution in [0.25, 0.3) is 0 Å². The van der Waals surface area contributed by atoms with Gasteiger partial charge in [-0.25, -0.2) is 4.98 Å². The second-order valence-corrected chi connectivity index (χ2v) is 12.3. The molecule has 3 fully saturated rings. The Morgan fingerprint density at radius 2 is 1.77 bits per heavy atom. The lowest BCUT2D eigenvalue weighted by Gasteiger charge is -2.45. The van der Waals surface area contributed by atoms with Crippen molar-refractivity contribution in [2.24, 2.45) is 23.7 Å². The fraction of sp³-hybridized carbons (Fsp3) is 0.862. The monoisotopic (exact) mass is 572 g/mol. The number of nitrogens with zero attached hydrogens (tertiary/aromatic N) is 2. The van der Waals surface area contributed by atoms with E-state index in [1.165, 1.54) is 0 Å². The fourth-order valence-corrected chi connectivity index (χ4v) is 7.37. The molecule has 2 heterocycles. The first-order chi connectivity index (χ1) is 19.0. The van der Waals surface area contributed by atoms with Gasteiger partial charge in [0.15, 0.2) is 0 Å². The highest BCUT2D eigenvalue weighted by molar-refractivity contribution is 5.82. The third kappa shape index (κ3) is 7.57. The number of aromatic nitrogens is 2. The number of imidazole rings is 1. The Bertz CT molecular complexity index is 948. The van der Waals surface area contributed by atoms with Crippen LogP contribution in [0.3, 0.4) is 0 Å². The Hall–Kier alpha value is -1.69. The van der Waals surface area contributed by atoms with Crippen LogP contribution in [-0.4, -0.2) is 79.4 Å². The van der Waals surface area contributed by atoms with Crippen molar-refractivity contribution >= 4 is 5.91 Å². The summed E-state index contributed by atoms with van der Waals surface area (Å²) in [5.74, 6) is -0.571. The number of nitrogens with one attached hydrogen (secondary N) is 2. The highest BCUT2D eigenvalue weighted by atomic mass is 19.4. The molecule has 1 saturated heterocycles. The Labute approximate surface area is 236 Å². The number of alkyl halides is 3. The van der Waals surface area contributed by atoms with Gasteiger partial charge in [0.1, 0.15) is 5.82 Å². The van der Waals surface area contributed by atoms with Gasteiger partial charge in [-0.2, -0.15) is 13.2 Å². The van der Waals surface area contributed by atoms with Crippen molar-refractivity contribution in [3.05, 3.63) is 18.2 Å². The SMILES string of the molecule is COC1CC(OC)CC(C(C)NC(=O)C2CC(Cn3ccnc3C)CC(C3CC(C(F)(F)F)CCC3OC)N2)C1. The molecule has 4 rings (SSSR count). The van der Waals surface area contributed by atoms with Crippen LogP contribution in [0.2, 0.25) is 0 Å². The fourth-order valence-electron chi connectivity index (χ4n) is 7.37. The van der Waals surface area contributed by atoms with Crippen molar-refractivity contribution in [3.8, 4) is 0 Å². The Morgan fingerprint density at radius 3 is 2.35 bits per heavy atom. The summed E-state index contributed by atoms with van der Waals surface area (Å²) < 4.78 is 60.3. The smallest absolute Gasteiger partial charge is 0.381 e. The molecule has 2 N–H and O–H groups in total. The minimum Gasteiger partial charge on any atom is -0.381 e. The highest BCUT2D eigenvalue weighted by Crippen LogP contribution is 2.44. The third-order valence-electron chi connectivity index (χ3n) is 9.78. The van der Waals surface area contributed by atoms with E-state index in [0.717, 1.165) is 25.1 Å².